The highest BCUT2D eigenvalue weighted by atomic mass is 127. The highest BCUT2D eigenvalue weighted by molar-refractivity contribution is 14.0. The fraction of sp³-hybridized carbons (Fsp3) is 0.444. The number of aliphatic imine (C=N–C) groups is 1. The highest BCUT2D eigenvalue weighted by Crippen LogP contribution is 2.22. The van der Waals surface area contributed by atoms with E-state index in [-0.39, 0.29) is 30.0 Å². The van der Waals surface area contributed by atoms with E-state index in [2.05, 4.69) is 25.4 Å². The van der Waals surface area contributed by atoms with E-state index in [1.54, 1.807) is 30.5 Å². The first-order valence-corrected chi connectivity index (χ1v) is 10.6. The van der Waals surface area contributed by atoms with Gasteiger partial charge in [-0.3, -0.25) is 4.68 Å². The molecule has 154 valence electrons. The summed E-state index contributed by atoms with van der Waals surface area (Å²) in [6.45, 7) is 3.83. The maximum atomic E-state index is 12.2. The van der Waals surface area contributed by atoms with Crippen LogP contribution in [-0.4, -0.2) is 36.7 Å². The molecule has 0 spiro atoms. The Morgan fingerprint density at radius 1 is 1.21 bits per heavy atom. The molecule has 28 heavy (non-hydrogen) atoms. The largest absolute Gasteiger partial charge is 0.357 e. The number of nitrogens with zero attached hydrogens (tertiary/aromatic N) is 3. The van der Waals surface area contributed by atoms with E-state index in [4.69, 9.17) is 0 Å². The van der Waals surface area contributed by atoms with Crippen molar-refractivity contribution in [3.63, 3.8) is 0 Å². The number of rotatable bonds is 8. The number of halogens is 1. The van der Waals surface area contributed by atoms with E-state index >= 15 is 0 Å². The van der Waals surface area contributed by atoms with Crippen LogP contribution < -0.4 is 15.4 Å². The Hall–Kier alpha value is -1.66. The van der Waals surface area contributed by atoms with Gasteiger partial charge in [0.15, 0.2) is 5.96 Å². The number of aromatic nitrogens is 2. The molecule has 10 heteroatoms. The Labute approximate surface area is 183 Å². The van der Waals surface area contributed by atoms with Crippen LogP contribution in [-0.2, 0) is 30.2 Å². The van der Waals surface area contributed by atoms with Gasteiger partial charge in [-0.15, -0.1) is 24.0 Å². The van der Waals surface area contributed by atoms with Crippen LogP contribution in [0.1, 0.15) is 31.0 Å². The van der Waals surface area contributed by atoms with Crippen molar-refractivity contribution in [1.82, 2.24) is 25.1 Å². The van der Waals surface area contributed by atoms with Crippen molar-refractivity contribution in [2.75, 3.05) is 6.54 Å². The van der Waals surface area contributed by atoms with Gasteiger partial charge in [0, 0.05) is 25.8 Å². The molecule has 3 N–H and O–H groups in total. The number of guanidine groups is 1. The second kappa shape index (κ2) is 10.2. The number of sulfonamides is 1. The number of benzene rings is 1. The minimum absolute atomic E-state index is 0. The standard InChI is InChI=1S/C18H26N6O2S.HI/c1-3-19-18(21-13-16-10-11-22-24(16)2)20-12-14-4-8-17(9-5-14)27(25,26)23-15-6-7-15;/h4-5,8-11,15,23H,3,6-7,12-13H2,1-2H3,(H2,19,20,21);1H. The van der Waals surface area contributed by atoms with E-state index in [0.29, 0.717) is 23.9 Å². The molecule has 1 aromatic carbocycles. The summed E-state index contributed by atoms with van der Waals surface area (Å²) in [5.41, 5.74) is 2.00. The molecule has 1 fully saturated rings. The van der Waals surface area contributed by atoms with Gasteiger partial charge in [0.25, 0.3) is 0 Å². The Balaban J connectivity index is 0.00000280. The lowest BCUT2D eigenvalue weighted by Crippen LogP contribution is -2.37. The maximum absolute atomic E-state index is 12.2. The summed E-state index contributed by atoms with van der Waals surface area (Å²) < 4.78 is 28.9. The summed E-state index contributed by atoms with van der Waals surface area (Å²) in [5.74, 6) is 0.700. The van der Waals surface area contributed by atoms with Gasteiger partial charge in [0.2, 0.25) is 10.0 Å². The molecule has 0 atom stereocenters. The summed E-state index contributed by atoms with van der Waals surface area (Å²) in [6.07, 6.45) is 3.60. The second-order valence-corrected chi connectivity index (χ2v) is 8.25. The molecule has 3 rings (SSSR count). The summed E-state index contributed by atoms with van der Waals surface area (Å²) in [5, 5.41) is 10.6. The zero-order valence-corrected chi connectivity index (χ0v) is 19.2. The summed E-state index contributed by atoms with van der Waals surface area (Å²) in [6, 6.07) is 8.92. The number of hydrogen-bond donors (Lipinski definition) is 3. The van der Waals surface area contributed by atoms with Crippen molar-refractivity contribution in [3.8, 4) is 0 Å². The van der Waals surface area contributed by atoms with Gasteiger partial charge < -0.3 is 10.6 Å². The van der Waals surface area contributed by atoms with Gasteiger partial charge in [0.1, 0.15) is 0 Å². The van der Waals surface area contributed by atoms with Crippen molar-refractivity contribution >= 4 is 40.0 Å². The minimum Gasteiger partial charge on any atom is -0.357 e. The van der Waals surface area contributed by atoms with E-state index in [9.17, 15) is 8.42 Å². The molecule has 1 heterocycles. The van der Waals surface area contributed by atoms with E-state index < -0.39 is 10.0 Å². The third-order valence-electron chi connectivity index (χ3n) is 4.26. The molecule has 0 saturated heterocycles. The molecule has 0 amide bonds. The van der Waals surface area contributed by atoms with Crippen LogP contribution in [0.2, 0.25) is 0 Å². The number of aryl methyl sites for hydroxylation is 1. The molecule has 1 aliphatic carbocycles. The molecule has 0 aliphatic heterocycles. The van der Waals surface area contributed by atoms with Crippen LogP contribution in [0.25, 0.3) is 0 Å². The zero-order chi connectivity index (χ0) is 19.3. The van der Waals surface area contributed by atoms with Crippen molar-refractivity contribution in [3.05, 3.63) is 47.8 Å². The average molecular weight is 518 g/mol. The molecular formula is C18H27IN6O2S. The second-order valence-electron chi connectivity index (χ2n) is 6.53. The molecule has 0 radical (unpaired) electrons. The van der Waals surface area contributed by atoms with Gasteiger partial charge in [0.05, 0.1) is 23.7 Å². The van der Waals surface area contributed by atoms with Gasteiger partial charge >= 0.3 is 0 Å². The van der Waals surface area contributed by atoms with Crippen LogP contribution in [0.5, 0.6) is 0 Å². The van der Waals surface area contributed by atoms with Gasteiger partial charge in [-0.25, -0.2) is 18.1 Å². The normalized spacial score (nSPS) is 14.4. The van der Waals surface area contributed by atoms with Crippen LogP contribution in [0.15, 0.2) is 46.4 Å². The fourth-order valence-corrected chi connectivity index (χ4v) is 3.83. The molecular weight excluding hydrogens is 491 g/mol. The van der Waals surface area contributed by atoms with E-state index in [0.717, 1.165) is 30.6 Å². The monoisotopic (exact) mass is 518 g/mol. The molecule has 1 aromatic heterocycles. The smallest absolute Gasteiger partial charge is 0.240 e. The Bertz CT molecular complexity index is 891. The van der Waals surface area contributed by atoms with Gasteiger partial charge in [-0.2, -0.15) is 5.10 Å². The predicted octanol–water partition coefficient (Wildman–Crippen LogP) is 1.73. The first-order valence-electron chi connectivity index (χ1n) is 9.08. The Morgan fingerprint density at radius 2 is 1.93 bits per heavy atom. The average Bonchev–Trinajstić information content (AvgIpc) is 3.36. The topological polar surface area (TPSA) is 100 Å². The van der Waals surface area contributed by atoms with Crippen molar-refractivity contribution < 1.29 is 8.42 Å². The van der Waals surface area contributed by atoms with Crippen LogP contribution in [0, 0.1) is 0 Å². The van der Waals surface area contributed by atoms with Crippen molar-refractivity contribution in [2.24, 2.45) is 12.0 Å². The third kappa shape index (κ3) is 6.45. The Morgan fingerprint density at radius 3 is 2.50 bits per heavy atom. The quantitative estimate of drug-likeness (QED) is 0.281. The molecule has 1 saturated carbocycles. The predicted molar refractivity (Wildman–Crippen MR) is 120 cm³/mol. The van der Waals surface area contributed by atoms with Crippen molar-refractivity contribution in [2.45, 2.75) is 43.8 Å². The number of nitrogens with one attached hydrogen (secondary N) is 3. The summed E-state index contributed by atoms with van der Waals surface area (Å²) >= 11 is 0. The summed E-state index contributed by atoms with van der Waals surface area (Å²) in [7, 11) is -1.51. The first-order chi connectivity index (χ1) is 13.0. The van der Waals surface area contributed by atoms with Crippen LogP contribution in [0.3, 0.4) is 0 Å². The van der Waals surface area contributed by atoms with Gasteiger partial charge in [-0.1, -0.05) is 12.1 Å². The SMILES string of the molecule is CCNC(=NCc1ccc(S(=O)(=O)NC2CC2)cc1)NCc1ccnn1C.I. The third-order valence-corrected chi connectivity index (χ3v) is 5.79. The van der Waals surface area contributed by atoms with Crippen molar-refractivity contribution in [1.29, 1.82) is 0 Å². The highest BCUT2D eigenvalue weighted by Gasteiger charge is 2.27. The maximum Gasteiger partial charge on any atom is 0.240 e. The van der Waals surface area contributed by atoms with E-state index in [1.165, 1.54) is 0 Å². The lowest BCUT2D eigenvalue weighted by atomic mass is 10.2. The van der Waals surface area contributed by atoms with E-state index in [1.807, 2.05) is 24.7 Å². The molecule has 1 aliphatic rings. The first kappa shape index (κ1) is 22.6. The van der Waals surface area contributed by atoms with Gasteiger partial charge in [-0.05, 0) is 43.5 Å². The summed E-state index contributed by atoms with van der Waals surface area (Å²) in [4.78, 5) is 4.86. The minimum atomic E-state index is -3.41. The molecule has 0 unspecified atom stereocenters. The molecule has 8 nitrogen and oxygen atoms in total. The molecule has 2 aromatic rings. The zero-order valence-electron chi connectivity index (χ0n) is 16.1. The fourth-order valence-electron chi connectivity index (χ4n) is 2.52. The lowest BCUT2D eigenvalue weighted by molar-refractivity contribution is 0.581. The Kier molecular flexibility index (Phi) is 8.25. The molecule has 0 bridgehead atoms. The lowest BCUT2D eigenvalue weighted by Gasteiger charge is -2.11. The van der Waals surface area contributed by atoms with Crippen LogP contribution >= 0.6 is 24.0 Å². The van der Waals surface area contributed by atoms with Crippen LogP contribution in [0.4, 0.5) is 0 Å². The number of hydrogen-bond acceptors (Lipinski definition) is 4.